The van der Waals surface area contributed by atoms with Crippen molar-refractivity contribution in [2.45, 2.75) is 74.8 Å². The Morgan fingerprint density at radius 2 is 2.00 bits per heavy atom. The molecule has 1 heterocycles. The molecule has 1 aromatic carbocycles. The number of nitrogens with one attached hydrogen (secondary N) is 2. The first-order valence-corrected chi connectivity index (χ1v) is 10.9. The highest BCUT2D eigenvalue weighted by molar-refractivity contribution is 5.88. The van der Waals surface area contributed by atoms with Crippen LogP contribution in [0.5, 0.6) is 0 Å². The van der Waals surface area contributed by atoms with E-state index in [4.69, 9.17) is 0 Å². The van der Waals surface area contributed by atoms with E-state index in [1.807, 2.05) is 18.2 Å². The Kier molecular flexibility index (Phi) is 5.40. The summed E-state index contributed by atoms with van der Waals surface area (Å²) >= 11 is 0. The van der Waals surface area contributed by atoms with E-state index >= 15 is 0 Å². The molecular formula is C23H28F2N4O2. The Morgan fingerprint density at radius 3 is 2.68 bits per heavy atom. The van der Waals surface area contributed by atoms with Gasteiger partial charge in [0.25, 0.3) is 0 Å². The van der Waals surface area contributed by atoms with E-state index in [1.165, 1.54) is 11.1 Å². The number of carbonyl (C=O) groups excluding carboxylic acids is 2. The summed E-state index contributed by atoms with van der Waals surface area (Å²) in [7, 11) is 0. The summed E-state index contributed by atoms with van der Waals surface area (Å²) in [5, 5.41) is 14.2. The van der Waals surface area contributed by atoms with Gasteiger partial charge in [0.05, 0.1) is 6.07 Å². The average molecular weight is 430 g/mol. The molecule has 2 N–H and O–H groups in total. The molecule has 1 spiro atoms. The SMILES string of the molecule is CC(F)(F)C[C@H](NC(=O)N1CCC2(CCCc3ccccc32)C1)C(=O)NC1(C#N)CC1. The zero-order chi connectivity index (χ0) is 22.3. The second-order valence-corrected chi connectivity index (χ2v) is 9.42. The molecule has 0 aromatic heterocycles. The Bertz CT molecular complexity index is 919. The fourth-order valence-electron chi connectivity index (χ4n) is 5.00. The van der Waals surface area contributed by atoms with Gasteiger partial charge in [-0.3, -0.25) is 4.79 Å². The van der Waals surface area contributed by atoms with Crippen LogP contribution in [-0.2, 0) is 16.6 Å². The number of hydrogen-bond acceptors (Lipinski definition) is 3. The number of aryl methyl sites for hydroxylation is 1. The highest BCUT2D eigenvalue weighted by Crippen LogP contribution is 2.44. The van der Waals surface area contributed by atoms with Crippen LogP contribution in [0.3, 0.4) is 0 Å². The molecule has 6 nitrogen and oxygen atoms in total. The lowest BCUT2D eigenvalue weighted by Gasteiger charge is -2.36. The highest BCUT2D eigenvalue weighted by atomic mass is 19.3. The van der Waals surface area contributed by atoms with Crippen molar-refractivity contribution in [1.29, 1.82) is 5.26 Å². The Morgan fingerprint density at radius 1 is 1.26 bits per heavy atom. The van der Waals surface area contributed by atoms with Crippen LogP contribution in [0, 0.1) is 11.3 Å². The molecule has 1 saturated carbocycles. The minimum Gasteiger partial charge on any atom is -0.336 e. The quantitative estimate of drug-likeness (QED) is 0.752. The van der Waals surface area contributed by atoms with Gasteiger partial charge in [-0.15, -0.1) is 0 Å². The number of likely N-dealkylation sites (tertiary alicyclic amines) is 1. The number of halogens is 2. The lowest BCUT2D eigenvalue weighted by atomic mass is 9.69. The number of hydrogen-bond donors (Lipinski definition) is 2. The van der Waals surface area contributed by atoms with Crippen molar-refractivity contribution >= 4 is 11.9 Å². The van der Waals surface area contributed by atoms with Crippen molar-refractivity contribution in [3.05, 3.63) is 35.4 Å². The number of amides is 3. The van der Waals surface area contributed by atoms with E-state index in [-0.39, 0.29) is 5.41 Å². The zero-order valence-electron chi connectivity index (χ0n) is 17.7. The molecule has 2 fully saturated rings. The fourth-order valence-corrected chi connectivity index (χ4v) is 5.00. The molecule has 0 radical (unpaired) electrons. The molecule has 2 atom stereocenters. The summed E-state index contributed by atoms with van der Waals surface area (Å²) in [5.41, 5.74) is 1.49. The Labute approximate surface area is 181 Å². The molecule has 2 aliphatic carbocycles. The van der Waals surface area contributed by atoms with Crippen LogP contribution in [0.15, 0.2) is 24.3 Å². The number of rotatable bonds is 5. The van der Waals surface area contributed by atoms with Crippen LogP contribution in [0.4, 0.5) is 13.6 Å². The lowest BCUT2D eigenvalue weighted by Crippen LogP contribution is -2.54. The standard InChI is InChI=1S/C23H28F2N4O2/c1-21(24,25)13-18(19(30)28-23(14-26)9-10-23)27-20(31)29-12-11-22(15-29)8-4-6-16-5-2-3-7-17(16)22/h2-3,5,7,18H,4,6,8-13,15H2,1H3,(H,27,31)(H,28,30)/t18-,22?/m0/s1. The van der Waals surface area contributed by atoms with Crippen molar-refractivity contribution < 1.29 is 18.4 Å². The third-order valence-corrected chi connectivity index (χ3v) is 6.83. The second-order valence-electron chi connectivity index (χ2n) is 9.42. The largest absolute Gasteiger partial charge is 0.336 e. The maximum absolute atomic E-state index is 13.7. The van der Waals surface area contributed by atoms with Gasteiger partial charge in [-0.2, -0.15) is 5.26 Å². The first kappa shape index (κ1) is 21.5. The van der Waals surface area contributed by atoms with Crippen molar-refractivity contribution in [2.24, 2.45) is 0 Å². The zero-order valence-corrected chi connectivity index (χ0v) is 17.7. The molecule has 8 heteroatoms. The third kappa shape index (κ3) is 4.51. The minimum atomic E-state index is -3.13. The fraction of sp³-hybridized carbons (Fsp3) is 0.609. The maximum Gasteiger partial charge on any atom is 0.318 e. The van der Waals surface area contributed by atoms with Gasteiger partial charge < -0.3 is 15.5 Å². The summed E-state index contributed by atoms with van der Waals surface area (Å²) in [6.45, 7) is 1.74. The van der Waals surface area contributed by atoms with Crippen molar-refractivity contribution in [3.8, 4) is 6.07 Å². The summed E-state index contributed by atoms with van der Waals surface area (Å²) in [4.78, 5) is 27.2. The van der Waals surface area contributed by atoms with E-state index in [9.17, 15) is 23.6 Å². The van der Waals surface area contributed by atoms with Crippen LogP contribution < -0.4 is 10.6 Å². The number of nitriles is 1. The number of fused-ring (bicyclic) bond motifs is 2. The van der Waals surface area contributed by atoms with E-state index in [1.54, 1.807) is 4.90 Å². The summed E-state index contributed by atoms with van der Waals surface area (Å²) < 4.78 is 27.5. The van der Waals surface area contributed by atoms with Crippen LogP contribution >= 0.6 is 0 Å². The number of nitrogens with zero attached hydrogens (tertiary/aromatic N) is 2. The molecule has 166 valence electrons. The Hall–Kier alpha value is -2.69. The van der Waals surface area contributed by atoms with E-state index < -0.39 is 35.9 Å². The minimum absolute atomic E-state index is 0.114. The lowest BCUT2D eigenvalue weighted by molar-refractivity contribution is -0.126. The normalized spacial score (nSPS) is 24.8. The van der Waals surface area contributed by atoms with Gasteiger partial charge >= 0.3 is 6.03 Å². The van der Waals surface area contributed by atoms with Gasteiger partial charge in [0.1, 0.15) is 11.6 Å². The van der Waals surface area contributed by atoms with E-state index in [0.29, 0.717) is 25.9 Å². The van der Waals surface area contributed by atoms with Gasteiger partial charge in [-0.1, -0.05) is 24.3 Å². The number of urea groups is 1. The molecule has 4 rings (SSSR count). The van der Waals surface area contributed by atoms with Gasteiger partial charge in [0, 0.05) is 24.9 Å². The monoisotopic (exact) mass is 430 g/mol. The van der Waals surface area contributed by atoms with Crippen molar-refractivity contribution in [3.63, 3.8) is 0 Å². The highest BCUT2D eigenvalue weighted by Gasteiger charge is 2.47. The molecule has 1 aliphatic heterocycles. The number of carbonyl (C=O) groups is 2. The van der Waals surface area contributed by atoms with Crippen LogP contribution in [0.2, 0.25) is 0 Å². The third-order valence-electron chi connectivity index (χ3n) is 6.83. The van der Waals surface area contributed by atoms with Gasteiger partial charge in [0.15, 0.2) is 0 Å². The molecule has 0 bridgehead atoms. The van der Waals surface area contributed by atoms with E-state index in [2.05, 4.69) is 22.8 Å². The number of benzene rings is 1. The first-order chi connectivity index (χ1) is 14.7. The molecule has 31 heavy (non-hydrogen) atoms. The van der Waals surface area contributed by atoms with E-state index in [0.717, 1.165) is 32.6 Å². The second kappa shape index (κ2) is 7.77. The molecule has 1 unspecified atom stereocenters. The van der Waals surface area contributed by atoms with Crippen molar-refractivity contribution in [1.82, 2.24) is 15.5 Å². The van der Waals surface area contributed by atoms with Crippen molar-refractivity contribution in [2.75, 3.05) is 13.1 Å². The van der Waals surface area contributed by atoms with Gasteiger partial charge in [0.2, 0.25) is 11.8 Å². The summed E-state index contributed by atoms with van der Waals surface area (Å²) in [5.74, 6) is -3.86. The van der Waals surface area contributed by atoms with Crippen LogP contribution in [-0.4, -0.2) is 47.4 Å². The molecule has 3 amide bonds. The Balaban J connectivity index is 1.46. The molecule has 3 aliphatic rings. The topological polar surface area (TPSA) is 85.2 Å². The predicted octanol–water partition coefficient (Wildman–Crippen LogP) is 3.26. The summed E-state index contributed by atoms with van der Waals surface area (Å²) in [6, 6.07) is 8.41. The van der Waals surface area contributed by atoms with Crippen LogP contribution in [0.1, 0.15) is 56.6 Å². The molecular weight excluding hydrogens is 402 g/mol. The molecule has 1 aromatic rings. The number of alkyl halides is 2. The van der Waals surface area contributed by atoms with Gasteiger partial charge in [-0.25, -0.2) is 13.6 Å². The van der Waals surface area contributed by atoms with Crippen LogP contribution in [0.25, 0.3) is 0 Å². The smallest absolute Gasteiger partial charge is 0.318 e. The maximum atomic E-state index is 13.7. The predicted molar refractivity (Wildman–Crippen MR) is 111 cm³/mol. The summed E-state index contributed by atoms with van der Waals surface area (Å²) in [6.07, 6.45) is 4.05. The van der Waals surface area contributed by atoms with Gasteiger partial charge in [-0.05, 0) is 56.6 Å². The first-order valence-electron chi connectivity index (χ1n) is 10.9. The molecule has 1 saturated heterocycles. The average Bonchev–Trinajstić information content (AvgIpc) is 3.37.